The van der Waals surface area contributed by atoms with Crippen molar-refractivity contribution in [1.82, 2.24) is 5.32 Å². The van der Waals surface area contributed by atoms with Crippen molar-refractivity contribution in [3.63, 3.8) is 0 Å². The van der Waals surface area contributed by atoms with Crippen molar-refractivity contribution in [2.75, 3.05) is 6.61 Å². The second kappa shape index (κ2) is 9.38. The second-order valence-corrected chi connectivity index (χ2v) is 6.13. The van der Waals surface area contributed by atoms with Crippen molar-refractivity contribution in [2.45, 2.75) is 44.0 Å². The zero-order valence-electron chi connectivity index (χ0n) is 14.3. The third kappa shape index (κ3) is 8.10. The van der Waals surface area contributed by atoms with Gasteiger partial charge >= 0.3 is 18.2 Å². The summed E-state index contributed by atoms with van der Waals surface area (Å²) >= 11 is 0. The normalized spacial score (nSPS) is 20.3. The molecule has 0 saturated heterocycles. The fourth-order valence-electron chi connectivity index (χ4n) is 2.62. The van der Waals surface area contributed by atoms with Gasteiger partial charge < -0.3 is 14.8 Å². The molecule has 1 aliphatic carbocycles. The van der Waals surface area contributed by atoms with Crippen molar-refractivity contribution >= 4 is 18.1 Å². The second-order valence-electron chi connectivity index (χ2n) is 6.13. The Hall–Kier alpha value is -2.58. The molecule has 0 atom stereocenters. The summed E-state index contributed by atoms with van der Waals surface area (Å²) in [5, 5.41) is 2.37. The van der Waals surface area contributed by atoms with E-state index in [0.717, 1.165) is 0 Å². The molecule has 0 spiro atoms. The molecule has 0 radical (unpaired) electrons. The average Bonchev–Trinajstić information content (AvgIpc) is 2.61. The van der Waals surface area contributed by atoms with Crippen LogP contribution in [-0.2, 0) is 14.3 Å². The van der Waals surface area contributed by atoms with Gasteiger partial charge in [0.1, 0.15) is 11.9 Å². The van der Waals surface area contributed by atoms with Crippen LogP contribution in [0.15, 0.2) is 30.3 Å². The molecule has 0 bridgehead atoms. The Morgan fingerprint density at radius 2 is 1.74 bits per heavy atom. The summed E-state index contributed by atoms with van der Waals surface area (Å²) in [5.74, 6) is -0.914. The lowest BCUT2D eigenvalue weighted by molar-refractivity contribution is -0.160. The zero-order chi connectivity index (χ0) is 19.9. The van der Waals surface area contributed by atoms with Gasteiger partial charge in [0.2, 0.25) is 0 Å². The van der Waals surface area contributed by atoms with Gasteiger partial charge in [-0.05, 0) is 49.5 Å². The van der Waals surface area contributed by atoms with E-state index in [9.17, 15) is 27.2 Å². The van der Waals surface area contributed by atoms with Crippen LogP contribution in [0.5, 0.6) is 0 Å². The van der Waals surface area contributed by atoms with Gasteiger partial charge in [0, 0.05) is 12.1 Å². The number of benzene rings is 1. The number of esters is 1. The molecule has 1 N–H and O–H groups in total. The zero-order valence-corrected chi connectivity index (χ0v) is 14.3. The fraction of sp³-hybridized carbons (Fsp3) is 0.444. The molecule has 1 aromatic carbocycles. The molecule has 1 amide bonds. The van der Waals surface area contributed by atoms with E-state index >= 15 is 0 Å². The summed E-state index contributed by atoms with van der Waals surface area (Å²) in [4.78, 5) is 23.1. The highest BCUT2D eigenvalue weighted by atomic mass is 19.4. The maximum atomic E-state index is 12.8. The minimum atomic E-state index is -4.56. The number of alkyl halides is 3. The summed E-state index contributed by atoms with van der Waals surface area (Å²) < 4.78 is 58.1. The highest BCUT2D eigenvalue weighted by Gasteiger charge is 2.30. The molecule has 1 aromatic rings. The molecule has 9 heteroatoms. The lowest BCUT2D eigenvalue weighted by atomic mass is 9.93. The minimum absolute atomic E-state index is 0.324. The van der Waals surface area contributed by atoms with Gasteiger partial charge in [-0.15, -0.1) is 0 Å². The standard InChI is InChI=1S/C18H19F4NO4/c19-13-4-1-12(2-5-13)3-10-16(24)27-15-8-6-14(7-9-15)23-17(25)26-11-18(20,21)22/h1-5,10,14-15H,6-9,11H2,(H,23,25)/b10-3+. The SMILES string of the molecule is O=C(/C=C/c1ccc(F)cc1)OC1CCC(NC(=O)OCC(F)(F)F)CC1. The molecule has 0 unspecified atom stereocenters. The van der Waals surface area contributed by atoms with Crippen LogP contribution in [0.2, 0.25) is 0 Å². The van der Waals surface area contributed by atoms with E-state index in [0.29, 0.717) is 31.2 Å². The smallest absolute Gasteiger partial charge is 0.422 e. The van der Waals surface area contributed by atoms with Crippen molar-refractivity contribution in [3.8, 4) is 0 Å². The summed E-state index contributed by atoms with van der Waals surface area (Å²) in [6.45, 7) is -1.63. The van der Waals surface area contributed by atoms with E-state index in [1.165, 1.54) is 36.4 Å². The number of rotatable bonds is 5. The Morgan fingerprint density at radius 3 is 2.33 bits per heavy atom. The molecule has 27 heavy (non-hydrogen) atoms. The van der Waals surface area contributed by atoms with E-state index in [4.69, 9.17) is 4.74 Å². The Labute approximate surface area is 153 Å². The number of carbonyl (C=O) groups is 2. The number of ether oxygens (including phenoxy) is 2. The van der Waals surface area contributed by atoms with Crippen LogP contribution in [0.1, 0.15) is 31.2 Å². The lowest BCUT2D eigenvalue weighted by Gasteiger charge is -2.28. The van der Waals surface area contributed by atoms with E-state index in [2.05, 4.69) is 10.1 Å². The Kier molecular flexibility index (Phi) is 7.20. The summed E-state index contributed by atoms with van der Waals surface area (Å²) in [6, 6.07) is 5.27. The van der Waals surface area contributed by atoms with Gasteiger partial charge in [-0.2, -0.15) is 13.2 Å². The van der Waals surface area contributed by atoms with Crippen LogP contribution in [-0.4, -0.2) is 37.0 Å². The number of halogens is 4. The number of hydrogen-bond donors (Lipinski definition) is 1. The van der Waals surface area contributed by atoms with Gasteiger partial charge in [0.05, 0.1) is 0 Å². The van der Waals surface area contributed by atoms with Crippen LogP contribution in [0.4, 0.5) is 22.4 Å². The molecule has 0 aromatic heterocycles. The number of nitrogens with one attached hydrogen (secondary N) is 1. The van der Waals surface area contributed by atoms with Gasteiger partial charge in [0.15, 0.2) is 6.61 Å². The molecular weight excluding hydrogens is 370 g/mol. The van der Waals surface area contributed by atoms with Crippen molar-refractivity contribution in [2.24, 2.45) is 0 Å². The minimum Gasteiger partial charge on any atom is -0.459 e. The monoisotopic (exact) mass is 389 g/mol. The quantitative estimate of drug-likeness (QED) is 0.470. The predicted molar refractivity (Wildman–Crippen MR) is 88.1 cm³/mol. The highest BCUT2D eigenvalue weighted by Crippen LogP contribution is 2.22. The van der Waals surface area contributed by atoms with Crippen LogP contribution in [0.3, 0.4) is 0 Å². The molecule has 0 heterocycles. The summed E-state index contributed by atoms with van der Waals surface area (Å²) in [6.07, 6.45) is -1.40. The van der Waals surface area contributed by atoms with Gasteiger partial charge in [0.25, 0.3) is 0 Å². The van der Waals surface area contributed by atoms with E-state index in [-0.39, 0.29) is 18.0 Å². The number of hydrogen-bond acceptors (Lipinski definition) is 4. The topological polar surface area (TPSA) is 64.6 Å². The lowest BCUT2D eigenvalue weighted by Crippen LogP contribution is -2.40. The first-order valence-corrected chi connectivity index (χ1v) is 8.35. The maximum Gasteiger partial charge on any atom is 0.422 e. The van der Waals surface area contributed by atoms with Crippen molar-refractivity contribution in [3.05, 3.63) is 41.7 Å². The van der Waals surface area contributed by atoms with Crippen LogP contribution >= 0.6 is 0 Å². The van der Waals surface area contributed by atoms with Crippen molar-refractivity contribution < 1.29 is 36.6 Å². The first-order valence-electron chi connectivity index (χ1n) is 8.35. The van der Waals surface area contributed by atoms with Crippen LogP contribution < -0.4 is 5.32 Å². The van der Waals surface area contributed by atoms with Gasteiger partial charge in [-0.3, -0.25) is 0 Å². The van der Waals surface area contributed by atoms with E-state index < -0.39 is 24.8 Å². The summed E-state index contributed by atoms with van der Waals surface area (Å²) in [5.41, 5.74) is 0.652. The van der Waals surface area contributed by atoms with E-state index in [1.807, 2.05) is 0 Å². The molecular formula is C18H19F4NO4. The molecule has 1 fully saturated rings. The molecule has 2 rings (SSSR count). The van der Waals surface area contributed by atoms with Crippen molar-refractivity contribution in [1.29, 1.82) is 0 Å². The average molecular weight is 389 g/mol. The number of alkyl carbamates (subject to hydrolysis) is 1. The first kappa shape index (κ1) is 20.7. The van der Waals surface area contributed by atoms with Gasteiger partial charge in [-0.1, -0.05) is 12.1 Å². The van der Waals surface area contributed by atoms with Crippen LogP contribution in [0.25, 0.3) is 6.08 Å². The molecule has 0 aliphatic heterocycles. The fourth-order valence-corrected chi connectivity index (χ4v) is 2.62. The third-order valence-corrected chi connectivity index (χ3v) is 3.93. The first-order chi connectivity index (χ1) is 12.7. The Bertz CT molecular complexity index is 665. The largest absolute Gasteiger partial charge is 0.459 e. The predicted octanol–water partition coefficient (Wildman–Crippen LogP) is 3.98. The number of carbonyl (C=O) groups excluding carboxylic acids is 2. The maximum absolute atomic E-state index is 12.8. The van der Waals surface area contributed by atoms with Crippen LogP contribution in [0, 0.1) is 5.82 Å². The highest BCUT2D eigenvalue weighted by molar-refractivity contribution is 5.87. The number of amides is 1. The molecule has 148 valence electrons. The third-order valence-electron chi connectivity index (χ3n) is 3.93. The Balaban J connectivity index is 1.68. The molecule has 1 aliphatic rings. The van der Waals surface area contributed by atoms with Gasteiger partial charge in [-0.25, -0.2) is 14.0 Å². The Morgan fingerprint density at radius 1 is 1.11 bits per heavy atom. The molecule has 5 nitrogen and oxygen atoms in total. The van der Waals surface area contributed by atoms with E-state index in [1.54, 1.807) is 0 Å². The summed E-state index contributed by atoms with van der Waals surface area (Å²) in [7, 11) is 0. The molecule has 1 saturated carbocycles.